The molecule has 0 saturated heterocycles. The molecule has 0 radical (unpaired) electrons. The van der Waals surface area contributed by atoms with E-state index in [9.17, 15) is 4.79 Å². The molecule has 6 nitrogen and oxygen atoms in total. The lowest BCUT2D eigenvalue weighted by atomic mass is 10.2. The van der Waals surface area contributed by atoms with Gasteiger partial charge in [0.2, 0.25) is 5.91 Å². The van der Waals surface area contributed by atoms with Crippen LogP contribution in [0.5, 0.6) is 5.75 Å². The van der Waals surface area contributed by atoms with Gasteiger partial charge in [-0.05, 0) is 38.1 Å². The van der Waals surface area contributed by atoms with E-state index in [-0.39, 0.29) is 11.2 Å². The smallest absolute Gasteiger partial charge is 0.237 e. The van der Waals surface area contributed by atoms with Crippen molar-refractivity contribution in [1.82, 2.24) is 14.8 Å². The Balaban J connectivity index is 1.79. The van der Waals surface area contributed by atoms with Gasteiger partial charge in [-0.1, -0.05) is 42.1 Å². The Morgan fingerprint density at radius 2 is 1.85 bits per heavy atom. The van der Waals surface area contributed by atoms with E-state index < -0.39 is 0 Å². The van der Waals surface area contributed by atoms with Crippen molar-refractivity contribution < 1.29 is 9.53 Å². The first-order valence-corrected chi connectivity index (χ1v) is 9.61. The molecule has 1 atom stereocenters. The highest BCUT2D eigenvalue weighted by Gasteiger charge is 2.21. The average molecular weight is 382 g/mol. The average Bonchev–Trinajstić information content (AvgIpc) is 3.10. The summed E-state index contributed by atoms with van der Waals surface area (Å²) >= 11 is 1.39. The van der Waals surface area contributed by atoms with E-state index in [0.29, 0.717) is 11.7 Å². The van der Waals surface area contributed by atoms with E-state index in [2.05, 4.69) is 15.5 Å². The van der Waals surface area contributed by atoms with Gasteiger partial charge in [-0.25, -0.2) is 0 Å². The Bertz CT molecular complexity index is 911. The fraction of sp³-hybridized carbons (Fsp3) is 0.250. The highest BCUT2D eigenvalue weighted by atomic mass is 32.2. The van der Waals surface area contributed by atoms with Crippen molar-refractivity contribution in [1.29, 1.82) is 0 Å². The van der Waals surface area contributed by atoms with Gasteiger partial charge >= 0.3 is 0 Å². The molecule has 0 fully saturated rings. The second-order valence-electron chi connectivity index (χ2n) is 5.87. The van der Waals surface area contributed by atoms with Gasteiger partial charge < -0.3 is 14.6 Å². The Hall–Kier alpha value is -2.80. The van der Waals surface area contributed by atoms with Crippen LogP contribution in [-0.4, -0.2) is 33.0 Å². The van der Waals surface area contributed by atoms with Crippen LogP contribution in [0, 0.1) is 0 Å². The molecule has 7 heteroatoms. The molecule has 27 heavy (non-hydrogen) atoms. The number of amides is 1. The van der Waals surface area contributed by atoms with Crippen LogP contribution in [-0.2, 0) is 11.3 Å². The van der Waals surface area contributed by atoms with Gasteiger partial charge in [-0.3, -0.25) is 4.79 Å². The molecule has 0 aliphatic carbocycles. The van der Waals surface area contributed by atoms with Crippen LogP contribution in [0.4, 0.5) is 5.69 Å². The summed E-state index contributed by atoms with van der Waals surface area (Å²) in [5.41, 5.74) is 1.66. The number of hydrogen-bond donors (Lipinski definition) is 1. The Morgan fingerprint density at radius 3 is 2.56 bits per heavy atom. The molecule has 0 unspecified atom stereocenters. The standard InChI is InChI=1S/C20H22N4O2S/c1-4-24-18(16-12-8-9-13-17(16)26-3)22-23-20(24)27-14(2)19(25)21-15-10-6-5-7-11-15/h5-14H,4H2,1-3H3,(H,21,25)/t14-/m1/s1. The van der Waals surface area contributed by atoms with Crippen LogP contribution in [0.25, 0.3) is 11.4 Å². The highest BCUT2D eigenvalue weighted by molar-refractivity contribution is 8.00. The van der Waals surface area contributed by atoms with E-state index in [1.54, 1.807) is 7.11 Å². The number of anilines is 1. The Kier molecular flexibility index (Phi) is 6.13. The Labute approximate surface area is 163 Å². The minimum Gasteiger partial charge on any atom is -0.496 e. The van der Waals surface area contributed by atoms with Gasteiger partial charge in [-0.15, -0.1) is 10.2 Å². The third kappa shape index (κ3) is 4.31. The van der Waals surface area contributed by atoms with E-state index in [1.165, 1.54) is 11.8 Å². The summed E-state index contributed by atoms with van der Waals surface area (Å²) < 4.78 is 7.44. The number of aromatic nitrogens is 3. The van der Waals surface area contributed by atoms with Crippen molar-refractivity contribution in [2.24, 2.45) is 0 Å². The number of ether oxygens (including phenoxy) is 1. The molecule has 140 valence electrons. The molecule has 1 N–H and O–H groups in total. The van der Waals surface area contributed by atoms with Gasteiger partial charge in [0.15, 0.2) is 11.0 Å². The summed E-state index contributed by atoms with van der Waals surface area (Å²) in [5, 5.41) is 12.0. The Morgan fingerprint density at radius 1 is 1.15 bits per heavy atom. The van der Waals surface area contributed by atoms with E-state index in [0.717, 1.165) is 22.8 Å². The first kappa shape index (κ1) is 19.0. The number of benzene rings is 2. The highest BCUT2D eigenvalue weighted by Crippen LogP contribution is 2.32. The maximum absolute atomic E-state index is 12.5. The van der Waals surface area contributed by atoms with Crippen LogP contribution in [0.1, 0.15) is 13.8 Å². The second-order valence-corrected chi connectivity index (χ2v) is 7.17. The first-order valence-electron chi connectivity index (χ1n) is 8.73. The van der Waals surface area contributed by atoms with Crippen LogP contribution >= 0.6 is 11.8 Å². The predicted octanol–water partition coefficient (Wildman–Crippen LogP) is 4.09. The van der Waals surface area contributed by atoms with Gasteiger partial charge in [0.05, 0.1) is 17.9 Å². The maximum Gasteiger partial charge on any atom is 0.237 e. The molecular weight excluding hydrogens is 360 g/mol. The molecule has 1 aromatic heterocycles. The number of nitrogens with one attached hydrogen (secondary N) is 1. The van der Waals surface area contributed by atoms with Crippen molar-refractivity contribution >= 4 is 23.4 Å². The maximum atomic E-state index is 12.5. The molecule has 2 aromatic carbocycles. The molecule has 3 aromatic rings. The van der Waals surface area contributed by atoms with E-state index >= 15 is 0 Å². The molecule has 3 rings (SSSR count). The van der Waals surface area contributed by atoms with Gasteiger partial charge in [0.25, 0.3) is 0 Å². The lowest BCUT2D eigenvalue weighted by molar-refractivity contribution is -0.115. The minimum atomic E-state index is -0.315. The zero-order valence-electron chi connectivity index (χ0n) is 15.5. The van der Waals surface area contributed by atoms with Crippen molar-refractivity contribution in [2.75, 3.05) is 12.4 Å². The first-order chi connectivity index (χ1) is 13.1. The number of carbonyl (C=O) groups excluding carboxylic acids is 1. The molecule has 1 heterocycles. The molecular formula is C20H22N4O2S. The number of carbonyl (C=O) groups is 1. The molecule has 0 aliphatic rings. The summed E-state index contributed by atoms with van der Waals surface area (Å²) in [6.45, 7) is 4.58. The summed E-state index contributed by atoms with van der Waals surface area (Å²) in [6, 6.07) is 17.1. The molecule has 0 spiro atoms. The normalized spacial score (nSPS) is 11.8. The van der Waals surface area contributed by atoms with Crippen LogP contribution < -0.4 is 10.1 Å². The minimum absolute atomic E-state index is 0.0734. The van der Waals surface area contributed by atoms with Gasteiger partial charge in [-0.2, -0.15) is 0 Å². The fourth-order valence-electron chi connectivity index (χ4n) is 2.67. The largest absolute Gasteiger partial charge is 0.496 e. The van der Waals surface area contributed by atoms with Crippen LogP contribution in [0.2, 0.25) is 0 Å². The summed E-state index contributed by atoms with van der Waals surface area (Å²) in [4.78, 5) is 12.5. The SMILES string of the molecule is CCn1c(S[C@H](C)C(=O)Nc2ccccc2)nnc1-c1ccccc1OC. The number of hydrogen-bond acceptors (Lipinski definition) is 5. The third-order valence-electron chi connectivity index (χ3n) is 4.07. The number of nitrogens with zero attached hydrogens (tertiary/aromatic N) is 3. The van der Waals surface area contributed by atoms with E-state index in [4.69, 9.17) is 4.74 Å². The van der Waals surface area contributed by atoms with Crippen molar-refractivity contribution in [3.63, 3.8) is 0 Å². The van der Waals surface area contributed by atoms with Crippen LogP contribution in [0.3, 0.4) is 0 Å². The van der Waals surface area contributed by atoms with Crippen LogP contribution in [0.15, 0.2) is 59.8 Å². The van der Waals surface area contributed by atoms with Crippen molar-refractivity contribution in [3.05, 3.63) is 54.6 Å². The molecule has 1 amide bonds. The van der Waals surface area contributed by atoms with Gasteiger partial charge in [0.1, 0.15) is 5.75 Å². The lowest BCUT2D eigenvalue weighted by Crippen LogP contribution is -2.22. The molecule has 0 saturated carbocycles. The quantitative estimate of drug-likeness (QED) is 0.623. The van der Waals surface area contributed by atoms with Gasteiger partial charge in [0, 0.05) is 12.2 Å². The fourth-order valence-corrected chi connectivity index (χ4v) is 3.58. The topological polar surface area (TPSA) is 69.0 Å². The van der Waals surface area contributed by atoms with Crippen molar-refractivity contribution in [3.8, 4) is 17.1 Å². The summed E-state index contributed by atoms with van der Waals surface area (Å²) in [7, 11) is 1.64. The predicted molar refractivity (Wildman–Crippen MR) is 108 cm³/mol. The number of para-hydroxylation sites is 2. The second kappa shape index (κ2) is 8.73. The molecule has 0 bridgehead atoms. The monoisotopic (exact) mass is 382 g/mol. The summed E-state index contributed by atoms with van der Waals surface area (Å²) in [5.74, 6) is 1.40. The lowest BCUT2D eigenvalue weighted by Gasteiger charge is -2.13. The summed E-state index contributed by atoms with van der Waals surface area (Å²) in [6.07, 6.45) is 0. The number of thioether (sulfide) groups is 1. The number of methoxy groups -OCH3 is 1. The number of rotatable bonds is 7. The zero-order chi connectivity index (χ0) is 19.2. The van der Waals surface area contributed by atoms with E-state index in [1.807, 2.05) is 73.0 Å². The third-order valence-corrected chi connectivity index (χ3v) is 5.15. The zero-order valence-corrected chi connectivity index (χ0v) is 16.4. The van der Waals surface area contributed by atoms with Crippen molar-refractivity contribution in [2.45, 2.75) is 30.8 Å². The molecule has 0 aliphatic heterocycles.